The molecule has 8 rings (SSSR count). The van der Waals surface area contributed by atoms with Gasteiger partial charge in [-0.15, -0.1) is 0 Å². The van der Waals surface area contributed by atoms with Crippen LogP contribution in [0.3, 0.4) is 0 Å². The molecule has 1 aliphatic heterocycles. The lowest BCUT2D eigenvalue weighted by atomic mass is 9.74. The van der Waals surface area contributed by atoms with Crippen LogP contribution < -0.4 is 10.4 Å². The Morgan fingerprint density at radius 3 is 1.79 bits per heavy atom. The summed E-state index contributed by atoms with van der Waals surface area (Å²) in [7, 11) is -0.386. The minimum atomic E-state index is -0.386. The number of anilines is 3. The zero-order chi connectivity index (χ0) is 32.6. The van der Waals surface area contributed by atoms with Gasteiger partial charge in [-0.2, -0.15) is 0 Å². The van der Waals surface area contributed by atoms with E-state index in [1.165, 1.54) is 44.2 Å². The fourth-order valence-electron chi connectivity index (χ4n) is 7.22. The Morgan fingerprint density at radius 2 is 1.06 bits per heavy atom. The van der Waals surface area contributed by atoms with Gasteiger partial charge in [0.15, 0.2) is 0 Å². The number of nitrogens with zero attached hydrogens (tertiary/aromatic N) is 1. The van der Waals surface area contributed by atoms with Crippen molar-refractivity contribution in [3.8, 4) is 22.3 Å². The number of fused-ring (bicyclic) bond motifs is 4. The first-order valence-corrected chi connectivity index (χ1v) is 16.6. The molecule has 0 saturated carbocycles. The summed E-state index contributed by atoms with van der Waals surface area (Å²) >= 11 is 0. The molecule has 0 amide bonds. The molecule has 2 aliphatic rings. The maximum Gasteiger partial charge on any atom is 0.494 e. The zero-order valence-corrected chi connectivity index (χ0v) is 28.0. The molecule has 0 bridgehead atoms. The average molecular weight is 614 g/mol. The Morgan fingerprint density at radius 1 is 0.468 bits per heavy atom. The zero-order valence-electron chi connectivity index (χ0n) is 28.0. The summed E-state index contributed by atoms with van der Waals surface area (Å²) in [6, 6.07) is 48.5. The van der Waals surface area contributed by atoms with Gasteiger partial charge in [-0.25, -0.2) is 0 Å². The van der Waals surface area contributed by atoms with Crippen LogP contribution in [0.1, 0.15) is 52.7 Å². The molecule has 0 spiro atoms. The first kappa shape index (κ1) is 29.7. The van der Waals surface area contributed by atoms with E-state index in [0.717, 1.165) is 22.5 Å². The van der Waals surface area contributed by atoms with Crippen molar-refractivity contribution < 1.29 is 9.31 Å². The van der Waals surface area contributed by atoms with Crippen LogP contribution >= 0.6 is 0 Å². The van der Waals surface area contributed by atoms with E-state index in [1.807, 2.05) is 0 Å². The fourth-order valence-corrected chi connectivity index (χ4v) is 7.22. The molecule has 0 aromatic heterocycles. The molecule has 1 fully saturated rings. The van der Waals surface area contributed by atoms with Crippen LogP contribution in [0, 0.1) is 0 Å². The smallest absolute Gasteiger partial charge is 0.399 e. The van der Waals surface area contributed by atoms with Crippen molar-refractivity contribution in [2.24, 2.45) is 0 Å². The molecule has 4 heteroatoms. The van der Waals surface area contributed by atoms with Crippen molar-refractivity contribution in [3.05, 3.63) is 145 Å². The molecule has 0 unspecified atom stereocenters. The fraction of sp³-hybridized carbons (Fsp3) is 0.209. The van der Waals surface area contributed by atoms with E-state index in [0.29, 0.717) is 0 Å². The number of hydrogen-bond donors (Lipinski definition) is 0. The van der Waals surface area contributed by atoms with E-state index in [-0.39, 0.29) is 23.7 Å². The van der Waals surface area contributed by atoms with Crippen LogP contribution in [0.4, 0.5) is 17.1 Å². The van der Waals surface area contributed by atoms with Crippen LogP contribution in [0.25, 0.3) is 33.0 Å². The summed E-state index contributed by atoms with van der Waals surface area (Å²) in [4.78, 5) is 2.38. The topological polar surface area (TPSA) is 21.7 Å². The maximum atomic E-state index is 6.44. The second kappa shape index (κ2) is 10.7. The molecular formula is C43H40BNO2. The molecule has 1 aliphatic carbocycles. The summed E-state index contributed by atoms with van der Waals surface area (Å²) in [5, 5.41) is 2.46. The first-order valence-electron chi connectivity index (χ1n) is 16.6. The predicted octanol–water partition coefficient (Wildman–Crippen LogP) is 10.6. The van der Waals surface area contributed by atoms with E-state index in [9.17, 15) is 0 Å². The highest BCUT2D eigenvalue weighted by atomic mass is 16.7. The van der Waals surface area contributed by atoms with Gasteiger partial charge in [0.2, 0.25) is 0 Å². The van der Waals surface area contributed by atoms with Crippen LogP contribution in [0.5, 0.6) is 0 Å². The van der Waals surface area contributed by atoms with Crippen LogP contribution in [-0.4, -0.2) is 18.3 Å². The lowest BCUT2D eigenvalue weighted by molar-refractivity contribution is 0.00578. The van der Waals surface area contributed by atoms with Crippen molar-refractivity contribution in [3.63, 3.8) is 0 Å². The van der Waals surface area contributed by atoms with Gasteiger partial charge in [-0.05, 0) is 114 Å². The molecular weight excluding hydrogens is 573 g/mol. The van der Waals surface area contributed by atoms with Gasteiger partial charge in [0, 0.05) is 22.5 Å². The summed E-state index contributed by atoms with van der Waals surface area (Å²) < 4.78 is 12.9. The monoisotopic (exact) mass is 613 g/mol. The molecule has 1 heterocycles. The Bertz CT molecular complexity index is 2120. The van der Waals surface area contributed by atoms with Gasteiger partial charge >= 0.3 is 7.12 Å². The molecule has 1 saturated heterocycles. The molecule has 3 nitrogen and oxygen atoms in total. The van der Waals surface area contributed by atoms with E-state index in [4.69, 9.17) is 9.31 Å². The third kappa shape index (κ3) is 4.90. The predicted molar refractivity (Wildman–Crippen MR) is 197 cm³/mol. The van der Waals surface area contributed by atoms with Crippen molar-refractivity contribution in [1.29, 1.82) is 0 Å². The lowest BCUT2D eigenvalue weighted by Gasteiger charge is -2.32. The van der Waals surface area contributed by atoms with E-state index in [1.54, 1.807) is 0 Å². The normalized spacial score (nSPS) is 17.0. The quantitative estimate of drug-likeness (QED) is 0.181. The Hall–Kier alpha value is -4.64. The third-order valence-electron chi connectivity index (χ3n) is 10.7. The van der Waals surface area contributed by atoms with Gasteiger partial charge in [0.1, 0.15) is 0 Å². The Kier molecular flexibility index (Phi) is 6.77. The SMILES string of the molecule is CC1(C)c2ccc(N(c3ccc(-c4ccccc4)cc3)c3ccc4ccccc4c3)cc2-c2ccc(B3OC(C)(C)C(C)(C)O3)cc21. The van der Waals surface area contributed by atoms with Crippen LogP contribution in [0.2, 0.25) is 0 Å². The van der Waals surface area contributed by atoms with Gasteiger partial charge in [-0.1, -0.05) is 111 Å². The summed E-state index contributed by atoms with van der Waals surface area (Å²) in [6.45, 7) is 13.1. The first-order chi connectivity index (χ1) is 22.5. The maximum absolute atomic E-state index is 6.44. The largest absolute Gasteiger partial charge is 0.494 e. The van der Waals surface area contributed by atoms with Crippen LogP contribution in [0.15, 0.2) is 133 Å². The Balaban J connectivity index is 1.23. The highest BCUT2D eigenvalue weighted by Crippen LogP contribution is 2.51. The highest BCUT2D eigenvalue weighted by molar-refractivity contribution is 6.62. The molecule has 6 aromatic carbocycles. The minimum absolute atomic E-state index is 0.159. The molecule has 0 N–H and O–H groups in total. The average Bonchev–Trinajstić information content (AvgIpc) is 3.44. The van der Waals surface area contributed by atoms with Gasteiger partial charge < -0.3 is 14.2 Å². The van der Waals surface area contributed by atoms with Crippen molar-refractivity contribution in [1.82, 2.24) is 0 Å². The van der Waals surface area contributed by atoms with E-state index in [2.05, 4.69) is 180 Å². The standard InChI is InChI=1S/C43H40BNO2/c1-41(2)39-25-23-36(28-38(39)37-24-19-33(27-40(37)41)44-46-42(3,4)43(5,6)47-44)45(35-22-18-30-14-10-11-15-32(30)26-35)34-20-16-31(17-21-34)29-12-8-7-9-13-29/h7-28H,1-6H3. The van der Waals surface area contributed by atoms with Crippen molar-refractivity contribution in [2.75, 3.05) is 4.90 Å². The second-order valence-corrected chi connectivity index (χ2v) is 14.5. The summed E-state index contributed by atoms with van der Waals surface area (Å²) in [5.74, 6) is 0. The molecule has 6 aromatic rings. The Labute approximate surface area is 278 Å². The molecule has 232 valence electrons. The highest BCUT2D eigenvalue weighted by Gasteiger charge is 2.52. The van der Waals surface area contributed by atoms with Crippen molar-refractivity contribution in [2.45, 2.75) is 58.2 Å². The summed E-state index contributed by atoms with van der Waals surface area (Å²) in [5.41, 5.74) is 11.1. The molecule has 0 atom stereocenters. The van der Waals surface area contributed by atoms with E-state index < -0.39 is 0 Å². The van der Waals surface area contributed by atoms with Gasteiger partial charge in [-0.3, -0.25) is 0 Å². The van der Waals surface area contributed by atoms with Crippen molar-refractivity contribution >= 4 is 40.4 Å². The second-order valence-electron chi connectivity index (χ2n) is 14.5. The van der Waals surface area contributed by atoms with E-state index >= 15 is 0 Å². The molecule has 47 heavy (non-hydrogen) atoms. The summed E-state index contributed by atoms with van der Waals surface area (Å²) in [6.07, 6.45) is 0. The third-order valence-corrected chi connectivity index (χ3v) is 10.7. The van der Waals surface area contributed by atoms with Crippen LogP contribution in [-0.2, 0) is 14.7 Å². The number of benzene rings is 6. The minimum Gasteiger partial charge on any atom is -0.399 e. The van der Waals surface area contributed by atoms with Gasteiger partial charge in [0.05, 0.1) is 11.2 Å². The lowest BCUT2D eigenvalue weighted by Crippen LogP contribution is -2.41. The number of hydrogen-bond acceptors (Lipinski definition) is 3. The molecule has 0 radical (unpaired) electrons. The van der Waals surface area contributed by atoms with Gasteiger partial charge in [0.25, 0.3) is 0 Å². The number of rotatable bonds is 5.